The first-order valence-corrected chi connectivity index (χ1v) is 14.5. The number of aromatic amines is 2. The fraction of sp³-hybridized carbons (Fsp3) is 0.304. The number of tetrazole rings is 1. The first-order chi connectivity index (χ1) is 18.3. The highest BCUT2D eigenvalue weighted by molar-refractivity contribution is 8.16. The third-order valence-corrected chi connectivity index (χ3v) is 9.60. The minimum Gasteiger partial charge on any atom is -1.00 e. The molecule has 1 radical (unpaired) electrons. The number of thioether (sulfide) groups is 1. The van der Waals surface area contributed by atoms with Gasteiger partial charge in [-0.2, -0.15) is 4.31 Å². The second kappa shape index (κ2) is 11.1. The van der Waals surface area contributed by atoms with Crippen LogP contribution >= 0.6 is 23.4 Å². The van der Waals surface area contributed by atoms with E-state index in [9.17, 15) is 13.2 Å². The van der Waals surface area contributed by atoms with Crippen LogP contribution in [0.5, 0.6) is 0 Å². The van der Waals surface area contributed by atoms with Gasteiger partial charge in [-0.05, 0) is 48.0 Å². The smallest absolute Gasteiger partial charge is 0.381 e. The van der Waals surface area contributed by atoms with Crippen LogP contribution in [0.2, 0.25) is 5.02 Å². The minimum atomic E-state index is -3.85. The first kappa shape index (κ1) is 27.9. The number of carbonyl (C=O) groups excluding carboxylic acids is 1. The summed E-state index contributed by atoms with van der Waals surface area (Å²) in [5.41, 5.74) is 2.21. The number of carbonyl (C=O) groups is 1. The Hall–Kier alpha value is -2.60. The van der Waals surface area contributed by atoms with E-state index in [1.165, 1.54) is 16.1 Å². The van der Waals surface area contributed by atoms with Gasteiger partial charge in [0.05, 0.1) is 4.99 Å². The number of pyridine rings is 1. The Labute approximate surface area is 250 Å². The predicted molar refractivity (Wildman–Crippen MR) is 142 cm³/mol. The Morgan fingerprint density at radius 3 is 2.90 bits per heavy atom. The lowest BCUT2D eigenvalue weighted by atomic mass is 10.1. The highest BCUT2D eigenvalue weighted by Crippen LogP contribution is 2.34. The second-order valence-corrected chi connectivity index (χ2v) is 12.5. The molecular weight excluding hydrogens is 677 g/mol. The van der Waals surface area contributed by atoms with Crippen molar-refractivity contribution in [1.82, 2.24) is 44.8 Å². The summed E-state index contributed by atoms with van der Waals surface area (Å²) in [4.78, 5) is 28.0. The van der Waals surface area contributed by atoms with Crippen molar-refractivity contribution in [2.75, 3.05) is 19.6 Å². The summed E-state index contributed by atoms with van der Waals surface area (Å²) < 4.78 is 28.7. The minimum absolute atomic E-state index is 0. The topological polar surface area (TPSA) is 155 Å². The Morgan fingerprint density at radius 1 is 1.26 bits per heavy atom. The number of nitrogens with one attached hydrogen (secondary N) is 2. The number of H-pyrrole nitrogens is 2. The van der Waals surface area contributed by atoms with Crippen molar-refractivity contribution < 1.29 is 37.2 Å². The number of piperazine rings is 1. The zero-order valence-electron chi connectivity index (χ0n) is 20.5. The average molecular weight is 699 g/mol. The van der Waals surface area contributed by atoms with Gasteiger partial charge >= 0.3 is 11.0 Å². The molecule has 3 aromatic heterocycles. The van der Waals surface area contributed by atoms with Gasteiger partial charge in [0.25, 0.3) is 15.7 Å². The number of rotatable bonds is 6. The molecule has 1 atom stereocenters. The molecule has 5 heterocycles. The van der Waals surface area contributed by atoms with E-state index < -0.39 is 16.1 Å². The van der Waals surface area contributed by atoms with Gasteiger partial charge in [-0.25, -0.2) is 13.5 Å². The van der Waals surface area contributed by atoms with Gasteiger partial charge in [0.2, 0.25) is 0 Å². The van der Waals surface area contributed by atoms with E-state index in [0.717, 1.165) is 16.3 Å². The van der Waals surface area contributed by atoms with Gasteiger partial charge in [-0.3, -0.25) is 9.78 Å². The molecule has 0 aliphatic carbocycles. The molecule has 6 rings (SSSR count). The molecule has 12 nitrogen and oxygen atoms in total. The van der Waals surface area contributed by atoms with Crippen LogP contribution in [0.25, 0.3) is 10.9 Å². The summed E-state index contributed by atoms with van der Waals surface area (Å²) in [5, 5.41) is 15.5. The standard InChI is InChI=1S/C23H22ClN9O3S2.HI/c1-13-8-18-19(11-25-13)37-22(27-18)23(34)33-7-6-32(12-16(33)3-5-20-28-30-31-29-20)38(35,36)21-10-14-9-15(24)2-4-17(14)26-21;/h2,4,8-11,16,26H,3,5-7,12H2,1H3,(H,28,29,30,31);1H/q+1;/p-1. The quantitative estimate of drug-likeness (QED) is 0.245. The zero-order chi connectivity index (χ0) is 26.4. The number of amides is 1. The van der Waals surface area contributed by atoms with Crippen LogP contribution in [0.4, 0.5) is 5.69 Å². The highest BCUT2D eigenvalue weighted by Gasteiger charge is 2.43. The maximum Gasteiger partial charge on any atom is 0.381 e. The van der Waals surface area contributed by atoms with E-state index in [2.05, 4.69) is 35.6 Å². The van der Waals surface area contributed by atoms with Crippen LogP contribution in [0.3, 0.4) is 0 Å². The number of aliphatic imine (C=N–C) groups is 1. The number of aromatic nitrogens is 6. The van der Waals surface area contributed by atoms with Crippen molar-refractivity contribution in [3.8, 4) is 0 Å². The highest BCUT2D eigenvalue weighted by atomic mass is 127. The summed E-state index contributed by atoms with van der Waals surface area (Å²) in [6.45, 7) is 2.36. The molecule has 2 aliphatic rings. The van der Waals surface area contributed by atoms with Gasteiger partial charge in [0.1, 0.15) is 15.7 Å². The third kappa shape index (κ3) is 5.54. The third-order valence-electron chi connectivity index (χ3n) is 6.58. The maximum atomic E-state index is 13.6. The molecule has 16 heteroatoms. The number of aryl methyl sites for hydroxylation is 2. The Kier molecular flexibility index (Phi) is 7.96. The SMILES string of the molecule is Cc1cc2c(cn1)SC(C(=O)N1CCN(S(=O)(=O)c3cc4cc(Cl)ccc4[nH]3)CC1CCc1nnn[nH]1)=[N+]2.[I-]. The van der Waals surface area contributed by atoms with E-state index in [1.54, 1.807) is 35.4 Å². The molecule has 39 heavy (non-hydrogen) atoms. The predicted octanol–water partition coefficient (Wildman–Crippen LogP) is -0.952. The molecule has 1 amide bonds. The van der Waals surface area contributed by atoms with Crippen molar-refractivity contribution in [3.63, 3.8) is 0 Å². The molecule has 0 saturated carbocycles. The van der Waals surface area contributed by atoms with Gasteiger partial charge in [-0.15, -0.1) is 5.10 Å². The second-order valence-electron chi connectivity index (χ2n) is 9.08. The molecule has 203 valence electrons. The Bertz CT molecular complexity index is 1680. The van der Waals surface area contributed by atoms with Gasteiger partial charge < -0.3 is 33.9 Å². The number of nitrogens with zero attached hydrogens (tertiary/aromatic N) is 7. The molecule has 2 aliphatic heterocycles. The number of halogens is 2. The lowest BCUT2D eigenvalue weighted by Crippen LogP contribution is -3.00. The van der Waals surface area contributed by atoms with E-state index in [-0.39, 0.29) is 54.5 Å². The van der Waals surface area contributed by atoms with E-state index in [4.69, 9.17) is 11.6 Å². The fourth-order valence-corrected chi connectivity index (χ4v) is 7.19. The van der Waals surface area contributed by atoms with Crippen LogP contribution < -0.4 is 29.0 Å². The van der Waals surface area contributed by atoms with Crippen LogP contribution in [0.15, 0.2) is 46.5 Å². The molecule has 1 saturated heterocycles. The van der Waals surface area contributed by atoms with Crippen LogP contribution in [0.1, 0.15) is 17.9 Å². The van der Waals surface area contributed by atoms with Gasteiger partial charge in [-0.1, -0.05) is 11.6 Å². The summed E-state index contributed by atoms with van der Waals surface area (Å²) in [5.74, 6) is 0.327. The number of sulfonamides is 1. The van der Waals surface area contributed by atoms with E-state index in [0.29, 0.717) is 39.6 Å². The lowest BCUT2D eigenvalue weighted by Gasteiger charge is -2.39. The largest absolute Gasteiger partial charge is 1.00 e. The summed E-state index contributed by atoms with van der Waals surface area (Å²) in [6, 6.07) is 8.18. The monoisotopic (exact) mass is 698 g/mol. The van der Waals surface area contributed by atoms with E-state index in [1.807, 2.05) is 13.0 Å². The van der Waals surface area contributed by atoms with Crippen molar-refractivity contribution in [1.29, 1.82) is 0 Å². The molecule has 0 spiro atoms. The van der Waals surface area contributed by atoms with Crippen molar-refractivity contribution in [2.24, 2.45) is 0 Å². The molecule has 1 aromatic carbocycles. The molecule has 2 N–H and O–H groups in total. The number of hydrogen-bond acceptors (Lipinski definition) is 9. The molecule has 1 fully saturated rings. The van der Waals surface area contributed by atoms with Crippen LogP contribution in [-0.4, -0.2) is 84.8 Å². The Morgan fingerprint density at radius 2 is 2.10 bits per heavy atom. The summed E-state index contributed by atoms with van der Waals surface area (Å²) >= 11 is 7.36. The summed E-state index contributed by atoms with van der Waals surface area (Å²) in [6.07, 6.45) is 2.62. The maximum absolute atomic E-state index is 13.6. The number of benzene rings is 1. The summed E-state index contributed by atoms with van der Waals surface area (Å²) in [7, 11) is -3.85. The van der Waals surface area contributed by atoms with Crippen molar-refractivity contribution in [3.05, 3.63) is 53.1 Å². The van der Waals surface area contributed by atoms with Gasteiger partial charge in [0.15, 0.2) is 0 Å². The zero-order valence-corrected chi connectivity index (χ0v) is 25.1. The molecular formula is C23H22ClIN9O3S2. The average Bonchev–Trinajstić information content (AvgIpc) is 3.66. The van der Waals surface area contributed by atoms with Crippen molar-refractivity contribution >= 4 is 60.9 Å². The number of hydrogen-bond donors (Lipinski definition) is 2. The Balaban J connectivity index is 0.00000308. The fourth-order valence-electron chi connectivity index (χ4n) is 4.65. The van der Waals surface area contributed by atoms with Crippen LogP contribution in [0, 0.1) is 6.92 Å². The van der Waals surface area contributed by atoms with E-state index >= 15 is 0 Å². The lowest BCUT2D eigenvalue weighted by molar-refractivity contribution is -0.127. The van der Waals surface area contributed by atoms with Crippen LogP contribution in [-0.2, 0) is 21.2 Å². The molecule has 0 bridgehead atoms. The van der Waals surface area contributed by atoms with Crippen molar-refractivity contribution in [2.45, 2.75) is 35.7 Å². The first-order valence-electron chi connectivity index (χ1n) is 11.8. The molecule has 1 unspecified atom stereocenters. The molecule has 4 aromatic rings. The normalized spacial score (nSPS) is 17.6. The number of fused-ring (bicyclic) bond motifs is 2. The van der Waals surface area contributed by atoms with Gasteiger partial charge in [0, 0.05) is 77.7 Å².